The number of carbonyl (C=O) groups excluding carboxylic acids is 3. The van der Waals surface area contributed by atoms with Crippen LogP contribution in [-0.4, -0.2) is 46.8 Å². The summed E-state index contributed by atoms with van der Waals surface area (Å²) in [6.45, 7) is 4.16. The summed E-state index contributed by atoms with van der Waals surface area (Å²) in [7, 11) is 0. The van der Waals surface area contributed by atoms with Crippen LogP contribution >= 0.6 is 0 Å². The van der Waals surface area contributed by atoms with E-state index in [-0.39, 0.29) is 37.0 Å². The van der Waals surface area contributed by atoms with Crippen LogP contribution in [0.15, 0.2) is 109 Å². The van der Waals surface area contributed by atoms with Gasteiger partial charge in [-0.1, -0.05) is 66.7 Å². The summed E-state index contributed by atoms with van der Waals surface area (Å²) in [5, 5.41) is 6.08. The third-order valence-electron chi connectivity index (χ3n) is 7.33. The first kappa shape index (κ1) is 25.4. The van der Waals surface area contributed by atoms with Gasteiger partial charge in [-0.15, -0.1) is 6.58 Å². The number of nitrogens with one attached hydrogen (secondary N) is 2. The van der Waals surface area contributed by atoms with Gasteiger partial charge in [0.05, 0.1) is 23.9 Å². The quantitative estimate of drug-likeness (QED) is 0.384. The SMILES string of the molecule is C=CCN1C(=O)N[C@@H](c2cccc(Oc3ccccc3)c2)C2=C1CN([C@@H](C(=O)NC1CC1)c1ccccc1)C2=O. The molecule has 0 bridgehead atoms. The summed E-state index contributed by atoms with van der Waals surface area (Å²) >= 11 is 0. The number of hydrogen-bond donors (Lipinski definition) is 2. The van der Waals surface area contributed by atoms with Crippen molar-refractivity contribution in [3.8, 4) is 11.5 Å². The van der Waals surface area contributed by atoms with E-state index in [1.807, 2.05) is 84.9 Å². The minimum atomic E-state index is -0.825. The lowest BCUT2D eigenvalue weighted by atomic mass is 9.95. The molecule has 0 radical (unpaired) electrons. The molecular formula is C32H30N4O4. The Morgan fingerprint density at radius 3 is 2.40 bits per heavy atom. The second-order valence-corrected chi connectivity index (χ2v) is 10.2. The van der Waals surface area contributed by atoms with Crippen molar-refractivity contribution in [2.45, 2.75) is 31.0 Å². The third kappa shape index (κ3) is 4.96. The smallest absolute Gasteiger partial charge is 0.322 e. The van der Waals surface area contributed by atoms with Crippen LogP contribution in [0, 0.1) is 0 Å². The molecule has 4 amide bonds. The maximum Gasteiger partial charge on any atom is 0.322 e. The molecule has 3 aliphatic rings. The zero-order valence-electron chi connectivity index (χ0n) is 22.0. The van der Waals surface area contributed by atoms with Crippen LogP contribution in [0.1, 0.15) is 36.1 Å². The molecule has 40 heavy (non-hydrogen) atoms. The zero-order chi connectivity index (χ0) is 27.6. The molecule has 3 aromatic rings. The highest BCUT2D eigenvalue weighted by Gasteiger charge is 2.47. The zero-order valence-corrected chi connectivity index (χ0v) is 22.0. The normalized spacial score (nSPS) is 19.1. The molecule has 0 saturated heterocycles. The average Bonchev–Trinajstić information content (AvgIpc) is 3.72. The maximum absolute atomic E-state index is 14.2. The molecule has 3 aromatic carbocycles. The molecule has 8 nitrogen and oxygen atoms in total. The highest BCUT2D eigenvalue weighted by Crippen LogP contribution is 2.40. The molecule has 6 rings (SSSR count). The number of benzene rings is 3. The number of ether oxygens (including phenoxy) is 1. The summed E-state index contributed by atoms with van der Waals surface area (Å²) in [4.78, 5) is 44.2. The predicted molar refractivity (Wildman–Crippen MR) is 150 cm³/mol. The van der Waals surface area contributed by atoms with Gasteiger partial charge in [0.25, 0.3) is 5.91 Å². The topological polar surface area (TPSA) is 91.0 Å². The lowest BCUT2D eigenvalue weighted by Crippen LogP contribution is -2.47. The molecule has 2 atom stereocenters. The second-order valence-electron chi connectivity index (χ2n) is 10.2. The van der Waals surface area contributed by atoms with Gasteiger partial charge in [-0.25, -0.2) is 4.79 Å². The Morgan fingerprint density at radius 2 is 1.70 bits per heavy atom. The van der Waals surface area contributed by atoms with Crippen LogP contribution in [0.5, 0.6) is 11.5 Å². The number of amides is 4. The first-order chi connectivity index (χ1) is 19.5. The van der Waals surface area contributed by atoms with Crippen molar-refractivity contribution in [2.75, 3.05) is 13.1 Å². The fourth-order valence-electron chi connectivity index (χ4n) is 5.29. The van der Waals surface area contributed by atoms with Crippen molar-refractivity contribution in [3.63, 3.8) is 0 Å². The van der Waals surface area contributed by atoms with Crippen LogP contribution in [0.25, 0.3) is 0 Å². The highest BCUT2D eigenvalue weighted by molar-refractivity contribution is 6.04. The van der Waals surface area contributed by atoms with E-state index in [0.717, 1.165) is 18.4 Å². The fourth-order valence-corrected chi connectivity index (χ4v) is 5.29. The number of hydrogen-bond acceptors (Lipinski definition) is 4. The molecule has 1 aliphatic carbocycles. The predicted octanol–water partition coefficient (Wildman–Crippen LogP) is 4.85. The first-order valence-electron chi connectivity index (χ1n) is 13.4. The summed E-state index contributed by atoms with van der Waals surface area (Å²) < 4.78 is 6.03. The average molecular weight is 535 g/mol. The highest BCUT2D eigenvalue weighted by atomic mass is 16.5. The second kappa shape index (κ2) is 10.7. The number of para-hydroxylation sites is 1. The van der Waals surface area contributed by atoms with E-state index in [9.17, 15) is 14.4 Å². The van der Waals surface area contributed by atoms with Crippen LogP contribution < -0.4 is 15.4 Å². The molecule has 8 heteroatoms. The van der Waals surface area contributed by atoms with Gasteiger partial charge in [0.2, 0.25) is 5.91 Å². The Morgan fingerprint density at radius 1 is 1.00 bits per heavy atom. The summed E-state index contributed by atoms with van der Waals surface area (Å²) in [5.41, 5.74) is 2.45. The van der Waals surface area contributed by atoms with E-state index >= 15 is 0 Å². The number of nitrogens with zero attached hydrogens (tertiary/aromatic N) is 2. The van der Waals surface area contributed by atoms with Crippen LogP contribution in [0.2, 0.25) is 0 Å². The van der Waals surface area contributed by atoms with E-state index < -0.39 is 12.1 Å². The largest absolute Gasteiger partial charge is 0.457 e. The number of carbonyl (C=O) groups is 3. The van der Waals surface area contributed by atoms with Crippen molar-refractivity contribution in [2.24, 2.45) is 0 Å². The van der Waals surface area contributed by atoms with Crippen molar-refractivity contribution >= 4 is 17.8 Å². The minimum absolute atomic E-state index is 0.129. The molecule has 1 saturated carbocycles. The molecule has 2 aliphatic heterocycles. The summed E-state index contributed by atoms with van der Waals surface area (Å²) in [5.74, 6) is 0.760. The first-order valence-corrected chi connectivity index (χ1v) is 13.4. The monoisotopic (exact) mass is 534 g/mol. The van der Waals surface area contributed by atoms with Crippen LogP contribution in [0.3, 0.4) is 0 Å². The van der Waals surface area contributed by atoms with Crippen LogP contribution in [0.4, 0.5) is 4.79 Å². The van der Waals surface area contributed by atoms with Gasteiger partial charge in [0.1, 0.15) is 17.5 Å². The lowest BCUT2D eigenvalue weighted by molar-refractivity contribution is -0.136. The molecular weight excluding hydrogens is 504 g/mol. The molecule has 2 heterocycles. The van der Waals surface area contributed by atoms with E-state index in [1.165, 1.54) is 4.90 Å². The van der Waals surface area contributed by atoms with Crippen molar-refractivity contribution < 1.29 is 19.1 Å². The minimum Gasteiger partial charge on any atom is -0.457 e. The Bertz CT molecular complexity index is 1480. The number of urea groups is 1. The molecule has 0 unspecified atom stereocenters. The van der Waals surface area contributed by atoms with E-state index in [0.29, 0.717) is 28.3 Å². The van der Waals surface area contributed by atoms with Gasteiger partial charge in [-0.2, -0.15) is 0 Å². The Hall–Kier alpha value is -4.85. The van der Waals surface area contributed by atoms with Gasteiger partial charge in [-0.3, -0.25) is 14.5 Å². The molecule has 1 fully saturated rings. The van der Waals surface area contributed by atoms with Gasteiger partial charge < -0.3 is 20.3 Å². The van der Waals surface area contributed by atoms with Gasteiger partial charge >= 0.3 is 6.03 Å². The van der Waals surface area contributed by atoms with E-state index in [4.69, 9.17) is 4.74 Å². The number of rotatable bonds is 9. The maximum atomic E-state index is 14.2. The van der Waals surface area contributed by atoms with Crippen LogP contribution in [-0.2, 0) is 9.59 Å². The van der Waals surface area contributed by atoms with Crippen molar-refractivity contribution in [1.29, 1.82) is 0 Å². The molecule has 2 N–H and O–H groups in total. The third-order valence-corrected chi connectivity index (χ3v) is 7.33. The molecule has 202 valence electrons. The Labute approximate surface area is 232 Å². The van der Waals surface area contributed by atoms with E-state index in [2.05, 4.69) is 17.2 Å². The fraction of sp³-hybridized carbons (Fsp3) is 0.219. The Kier molecular flexibility index (Phi) is 6.82. The van der Waals surface area contributed by atoms with Gasteiger partial charge in [0.15, 0.2) is 0 Å². The lowest BCUT2D eigenvalue weighted by Gasteiger charge is -2.33. The van der Waals surface area contributed by atoms with Crippen molar-refractivity contribution in [3.05, 3.63) is 120 Å². The molecule has 0 aromatic heterocycles. The van der Waals surface area contributed by atoms with E-state index in [1.54, 1.807) is 11.0 Å². The van der Waals surface area contributed by atoms with Gasteiger partial charge in [-0.05, 0) is 48.2 Å². The molecule has 0 spiro atoms. The van der Waals surface area contributed by atoms with Crippen molar-refractivity contribution in [1.82, 2.24) is 20.4 Å². The Balaban J connectivity index is 1.37. The van der Waals surface area contributed by atoms with Gasteiger partial charge in [0, 0.05) is 12.6 Å². The standard InChI is InChI=1S/C32H30N4O4/c1-2-18-35-26-20-36(29(21-10-5-3-6-11-21)30(37)33-23-16-17-23)31(38)27(26)28(34-32(35)39)22-12-9-15-25(19-22)40-24-13-7-4-8-14-24/h2-15,19,23,28-29H,1,16-18,20H2,(H,33,37)(H,34,39)/t28-,29+/m0/s1. The summed E-state index contributed by atoms with van der Waals surface area (Å²) in [6, 6.07) is 24.4. The summed E-state index contributed by atoms with van der Waals surface area (Å²) in [6.07, 6.45) is 3.50.